The highest BCUT2D eigenvalue weighted by molar-refractivity contribution is 5.68. The van der Waals surface area contributed by atoms with Gasteiger partial charge in [0, 0.05) is 6.42 Å². The van der Waals surface area contributed by atoms with Gasteiger partial charge in [-0.25, -0.2) is 0 Å². The van der Waals surface area contributed by atoms with Gasteiger partial charge in [-0.1, -0.05) is 63.3 Å². The number of carbonyl (C=O) groups is 1. The Kier molecular flexibility index (Phi) is 16.2. The lowest BCUT2D eigenvalue weighted by Crippen LogP contribution is -1.98. The van der Waals surface area contributed by atoms with Crippen LogP contribution in [0.2, 0.25) is 0 Å². The molecule has 0 fully saturated rings. The summed E-state index contributed by atoms with van der Waals surface area (Å²) in [5.41, 5.74) is 0. The third kappa shape index (κ3) is 16.9. The molecule has 2 nitrogen and oxygen atoms in total. The third-order valence-electron chi connectivity index (χ3n) is 3.56. The van der Waals surface area contributed by atoms with Crippen molar-refractivity contribution >= 4 is 5.97 Å². The lowest BCUT2D eigenvalue weighted by molar-refractivity contribution is -0.140. The SMILES string of the molecule is CCCCC/C=C/CC=CCCCCCCCC(=O)OC. The van der Waals surface area contributed by atoms with E-state index in [4.69, 9.17) is 0 Å². The fraction of sp³-hybridized carbons (Fsp3) is 0.737. The molecular weight excluding hydrogens is 260 g/mol. The molecule has 0 spiro atoms. The minimum Gasteiger partial charge on any atom is -0.469 e. The molecule has 0 radical (unpaired) electrons. The first kappa shape index (κ1) is 19.9. The maximum atomic E-state index is 10.9. The molecule has 2 heteroatoms. The molecule has 0 aromatic heterocycles. The minimum absolute atomic E-state index is 0.0827. The van der Waals surface area contributed by atoms with Gasteiger partial charge >= 0.3 is 5.97 Å². The molecule has 21 heavy (non-hydrogen) atoms. The van der Waals surface area contributed by atoms with Crippen LogP contribution in [0, 0.1) is 0 Å². The topological polar surface area (TPSA) is 26.3 Å². The van der Waals surface area contributed by atoms with E-state index in [1.54, 1.807) is 0 Å². The monoisotopic (exact) mass is 294 g/mol. The van der Waals surface area contributed by atoms with Crippen molar-refractivity contribution in [2.45, 2.75) is 84.0 Å². The summed E-state index contributed by atoms with van der Waals surface area (Å²) < 4.78 is 4.62. The van der Waals surface area contributed by atoms with E-state index < -0.39 is 0 Å². The molecule has 0 N–H and O–H groups in total. The molecule has 122 valence electrons. The molecule has 0 rings (SSSR count). The van der Waals surface area contributed by atoms with Crippen LogP contribution in [-0.4, -0.2) is 13.1 Å². The first-order valence-electron chi connectivity index (χ1n) is 8.68. The van der Waals surface area contributed by atoms with Crippen LogP contribution < -0.4 is 0 Å². The zero-order chi connectivity index (χ0) is 15.6. The van der Waals surface area contributed by atoms with E-state index >= 15 is 0 Å². The number of rotatable bonds is 14. The Morgan fingerprint density at radius 1 is 0.810 bits per heavy atom. The van der Waals surface area contributed by atoms with Crippen molar-refractivity contribution < 1.29 is 9.53 Å². The highest BCUT2D eigenvalue weighted by atomic mass is 16.5. The summed E-state index contributed by atoms with van der Waals surface area (Å²) in [5.74, 6) is -0.0827. The van der Waals surface area contributed by atoms with Crippen molar-refractivity contribution in [1.82, 2.24) is 0 Å². The van der Waals surface area contributed by atoms with E-state index in [0.717, 1.165) is 19.3 Å². The third-order valence-corrected chi connectivity index (χ3v) is 3.56. The number of hydrogen-bond acceptors (Lipinski definition) is 2. The molecule has 0 saturated carbocycles. The molecule has 0 aliphatic rings. The zero-order valence-corrected chi connectivity index (χ0v) is 14.1. The van der Waals surface area contributed by atoms with Crippen molar-refractivity contribution in [2.75, 3.05) is 7.11 Å². The average Bonchev–Trinajstić information content (AvgIpc) is 2.50. The fourth-order valence-electron chi connectivity index (χ4n) is 2.18. The molecule has 0 heterocycles. The number of ether oxygens (including phenoxy) is 1. The number of esters is 1. The summed E-state index contributed by atoms with van der Waals surface area (Å²) in [6, 6.07) is 0. The maximum Gasteiger partial charge on any atom is 0.305 e. The van der Waals surface area contributed by atoms with E-state index in [-0.39, 0.29) is 5.97 Å². The Labute approximate surface area is 131 Å². The fourth-order valence-corrected chi connectivity index (χ4v) is 2.18. The van der Waals surface area contributed by atoms with Gasteiger partial charge in [-0.05, 0) is 38.5 Å². The number of carbonyl (C=O) groups excluding carboxylic acids is 1. The number of unbranched alkanes of at least 4 members (excludes halogenated alkanes) is 8. The lowest BCUT2D eigenvalue weighted by atomic mass is 10.1. The van der Waals surface area contributed by atoms with Crippen molar-refractivity contribution in [1.29, 1.82) is 0 Å². The van der Waals surface area contributed by atoms with Gasteiger partial charge in [-0.2, -0.15) is 0 Å². The lowest BCUT2D eigenvalue weighted by Gasteiger charge is -1.99. The number of methoxy groups -OCH3 is 1. The summed E-state index contributed by atoms with van der Waals surface area (Å²) in [4.78, 5) is 10.9. The Morgan fingerprint density at radius 3 is 2.00 bits per heavy atom. The van der Waals surface area contributed by atoms with Gasteiger partial charge in [-0.3, -0.25) is 4.79 Å². The summed E-state index contributed by atoms with van der Waals surface area (Å²) in [6.45, 7) is 2.24. The first-order valence-corrected chi connectivity index (χ1v) is 8.68. The van der Waals surface area contributed by atoms with Gasteiger partial charge in [0.05, 0.1) is 7.11 Å². The quantitative estimate of drug-likeness (QED) is 0.224. The van der Waals surface area contributed by atoms with Crippen LogP contribution in [0.5, 0.6) is 0 Å². The van der Waals surface area contributed by atoms with Crippen LogP contribution in [-0.2, 0) is 9.53 Å². The molecule has 0 aromatic carbocycles. The smallest absolute Gasteiger partial charge is 0.305 e. The average molecular weight is 294 g/mol. The highest BCUT2D eigenvalue weighted by Gasteiger charge is 1.98. The predicted molar refractivity (Wildman–Crippen MR) is 91.4 cm³/mol. The molecule has 0 aliphatic heterocycles. The van der Waals surface area contributed by atoms with Gasteiger partial charge in [0.25, 0.3) is 0 Å². The van der Waals surface area contributed by atoms with Gasteiger partial charge in [0.15, 0.2) is 0 Å². The molecule has 0 amide bonds. The largest absolute Gasteiger partial charge is 0.469 e. The normalized spacial score (nSPS) is 11.5. The summed E-state index contributed by atoms with van der Waals surface area (Å²) >= 11 is 0. The van der Waals surface area contributed by atoms with Crippen molar-refractivity contribution in [3.63, 3.8) is 0 Å². The van der Waals surface area contributed by atoms with E-state index in [9.17, 15) is 4.79 Å². The maximum absolute atomic E-state index is 10.9. The second-order valence-electron chi connectivity index (χ2n) is 5.56. The Bertz CT molecular complexity index is 279. The second kappa shape index (κ2) is 17.0. The van der Waals surface area contributed by atoms with E-state index in [0.29, 0.717) is 6.42 Å². The van der Waals surface area contributed by atoms with Gasteiger partial charge < -0.3 is 4.74 Å². The first-order chi connectivity index (χ1) is 10.3. The summed E-state index contributed by atoms with van der Waals surface area (Å²) in [7, 11) is 1.45. The molecular formula is C19H34O2. The molecule has 0 atom stereocenters. The Hall–Kier alpha value is -1.05. The molecule has 0 aromatic rings. The zero-order valence-electron chi connectivity index (χ0n) is 14.1. The van der Waals surface area contributed by atoms with E-state index in [1.165, 1.54) is 58.5 Å². The molecule has 0 saturated heterocycles. The van der Waals surface area contributed by atoms with Crippen LogP contribution in [0.25, 0.3) is 0 Å². The van der Waals surface area contributed by atoms with Crippen molar-refractivity contribution in [3.8, 4) is 0 Å². The Balaban J connectivity index is 3.20. The molecule has 0 aliphatic carbocycles. The Morgan fingerprint density at radius 2 is 1.38 bits per heavy atom. The molecule has 0 bridgehead atoms. The van der Waals surface area contributed by atoms with Gasteiger partial charge in [0.2, 0.25) is 0 Å². The summed E-state index contributed by atoms with van der Waals surface area (Å²) in [5, 5.41) is 0. The highest BCUT2D eigenvalue weighted by Crippen LogP contribution is 2.08. The van der Waals surface area contributed by atoms with Crippen molar-refractivity contribution in [2.24, 2.45) is 0 Å². The minimum atomic E-state index is -0.0827. The predicted octanol–water partition coefficient (Wildman–Crippen LogP) is 5.97. The van der Waals surface area contributed by atoms with Gasteiger partial charge in [0.1, 0.15) is 0 Å². The van der Waals surface area contributed by atoms with Crippen LogP contribution in [0.4, 0.5) is 0 Å². The van der Waals surface area contributed by atoms with Crippen LogP contribution in [0.3, 0.4) is 0 Å². The van der Waals surface area contributed by atoms with Crippen molar-refractivity contribution in [3.05, 3.63) is 24.3 Å². The van der Waals surface area contributed by atoms with Crippen LogP contribution in [0.15, 0.2) is 24.3 Å². The standard InChI is InChI=1S/C19H34O2/c1-3-4-5-6-7-8-9-10-11-12-13-14-15-16-17-18-19(20)21-2/h7-8,10-11H,3-6,9,12-18H2,1-2H3/b8-7+,11-10?. The van der Waals surface area contributed by atoms with E-state index in [2.05, 4.69) is 36.0 Å². The van der Waals surface area contributed by atoms with E-state index in [1.807, 2.05) is 0 Å². The second-order valence-corrected chi connectivity index (χ2v) is 5.56. The molecule has 0 unspecified atom stereocenters. The van der Waals surface area contributed by atoms with Crippen LogP contribution in [0.1, 0.15) is 84.0 Å². The number of allylic oxidation sites excluding steroid dienone is 4. The van der Waals surface area contributed by atoms with Gasteiger partial charge in [-0.15, -0.1) is 0 Å². The van der Waals surface area contributed by atoms with Crippen LogP contribution >= 0.6 is 0 Å². The number of hydrogen-bond donors (Lipinski definition) is 0. The summed E-state index contributed by atoms with van der Waals surface area (Å²) in [6.07, 6.45) is 23.0.